The molecule has 0 aliphatic rings. The number of hydrogen-bond acceptors (Lipinski definition) is 0. The van der Waals surface area contributed by atoms with E-state index in [0.717, 1.165) is 12.5 Å². The Morgan fingerprint density at radius 3 is 2.42 bits per heavy atom. The van der Waals surface area contributed by atoms with Gasteiger partial charge in [0.25, 0.3) is 0 Å². The monoisotopic (exact) mass is 511 g/mol. The van der Waals surface area contributed by atoms with Crippen molar-refractivity contribution < 1.29 is 0 Å². The summed E-state index contributed by atoms with van der Waals surface area (Å²) in [5.41, 5.74) is 1.45. The lowest BCUT2D eigenvalue weighted by Crippen LogP contribution is -1.93. The number of benzene rings is 1. The van der Waals surface area contributed by atoms with Crippen molar-refractivity contribution in [2.24, 2.45) is 0 Å². The van der Waals surface area contributed by atoms with Gasteiger partial charge in [0.05, 0.1) is 0 Å². The second-order valence-corrected chi connectivity index (χ2v) is 6.35. The third-order valence-electron chi connectivity index (χ3n) is 1.46. The maximum Gasteiger partial charge on any atom is 0.0296 e. The summed E-state index contributed by atoms with van der Waals surface area (Å²) in [6.45, 7) is 0. The minimum atomic E-state index is 1.03. The zero-order valence-corrected chi connectivity index (χ0v) is 13.7. The first-order chi connectivity index (χ1) is 5.65. The summed E-state index contributed by atoms with van der Waals surface area (Å²) in [7, 11) is 3.51. The van der Waals surface area contributed by atoms with E-state index >= 15 is 0 Å². The highest BCUT2D eigenvalue weighted by molar-refractivity contribution is 14.1. The van der Waals surface area contributed by atoms with Gasteiger partial charge in [0.2, 0.25) is 0 Å². The van der Waals surface area contributed by atoms with Crippen LogP contribution < -0.4 is 0 Å². The lowest BCUT2D eigenvalue weighted by atomic mass is 10.2. The van der Waals surface area contributed by atoms with Crippen molar-refractivity contribution in [3.63, 3.8) is 0 Å². The average molecular weight is 511 g/mol. The fourth-order valence-electron chi connectivity index (χ4n) is 0.926. The highest BCUT2D eigenvalue weighted by atomic mass is 127. The van der Waals surface area contributed by atoms with Crippen LogP contribution in [0.3, 0.4) is 0 Å². The maximum atomic E-state index is 3.51. The third-order valence-corrected chi connectivity index (χ3v) is 5.49. The van der Waals surface area contributed by atoms with E-state index in [4.69, 9.17) is 0 Å². The van der Waals surface area contributed by atoms with E-state index in [1.165, 1.54) is 16.3 Å². The molecule has 3 radical (unpaired) electrons. The summed E-state index contributed by atoms with van der Waals surface area (Å²) in [6, 6.07) is 5.50. The standard InChI is InChI=1S/C8H6I3Si/c9-6-3-5(1-2-12)8(11)7(10)4-6/h3-4H,1-2H2. The molecule has 63 valence electrons. The van der Waals surface area contributed by atoms with Gasteiger partial charge in [0.1, 0.15) is 0 Å². The predicted octanol–water partition coefficient (Wildman–Crippen LogP) is 3.63. The zero-order valence-electron chi connectivity index (χ0n) is 6.20. The van der Waals surface area contributed by atoms with Crippen LogP contribution in [-0.4, -0.2) is 10.2 Å². The van der Waals surface area contributed by atoms with E-state index in [1.807, 2.05) is 0 Å². The number of hydrogen-bond donors (Lipinski definition) is 0. The third kappa shape index (κ3) is 3.09. The SMILES string of the molecule is [Si]CCc1cc(I)cc(I)c1I. The van der Waals surface area contributed by atoms with Crippen molar-refractivity contribution in [3.8, 4) is 0 Å². The van der Waals surface area contributed by atoms with Crippen LogP contribution >= 0.6 is 67.8 Å². The van der Waals surface area contributed by atoms with Gasteiger partial charge < -0.3 is 0 Å². The van der Waals surface area contributed by atoms with Gasteiger partial charge in [0, 0.05) is 21.0 Å². The highest BCUT2D eigenvalue weighted by Crippen LogP contribution is 2.23. The van der Waals surface area contributed by atoms with Crippen LogP contribution in [0.15, 0.2) is 12.1 Å². The largest absolute Gasteiger partial charge is 0.0597 e. The van der Waals surface area contributed by atoms with E-state index in [-0.39, 0.29) is 0 Å². The number of aryl methyl sites for hydroxylation is 1. The van der Waals surface area contributed by atoms with E-state index in [1.54, 1.807) is 0 Å². The van der Waals surface area contributed by atoms with Crippen LogP contribution in [0.2, 0.25) is 6.04 Å². The van der Waals surface area contributed by atoms with Gasteiger partial charge in [-0.05, 0) is 91.9 Å². The molecule has 12 heavy (non-hydrogen) atoms. The molecule has 0 nitrogen and oxygen atoms in total. The minimum Gasteiger partial charge on any atom is -0.0597 e. The van der Waals surface area contributed by atoms with Gasteiger partial charge in [-0.1, -0.05) is 6.04 Å². The van der Waals surface area contributed by atoms with E-state index in [2.05, 4.69) is 90.1 Å². The van der Waals surface area contributed by atoms with E-state index < -0.39 is 0 Å². The molecular formula is C8H6I3Si. The molecule has 0 fully saturated rings. The van der Waals surface area contributed by atoms with Gasteiger partial charge in [-0.2, -0.15) is 0 Å². The summed E-state index contributed by atoms with van der Waals surface area (Å²) < 4.78 is 4.08. The van der Waals surface area contributed by atoms with Crippen molar-refractivity contribution in [2.75, 3.05) is 0 Å². The first-order valence-electron chi connectivity index (χ1n) is 3.43. The Morgan fingerprint density at radius 1 is 1.17 bits per heavy atom. The molecule has 0 saturated heterocycles. The molecular weight excluding hydrogens is 505 g/mol. The number of rotatable bonds is 2. The summed E-state index contributed by atoms with van der Waals surface area (Å²) in [6.07, 6.45) is 1.11. The molecule has 0 spiro atoms. The molecule has 0 N–H and O–H groups in total. The molecule has 0 aliphatic heterocycles. The lowest BCUT2D eigenvalue weighted by Gasteiger charge is -2.05. The first-order valence-corrected chi connectivity index (χ1v) is 7.37. The second-order valence-electron chi connectivity index (χ2n) is 2.36. The smallest absolute Gasteiger partial charge is 0.0296 e. The first kappa shape index (κ1) is 11.7. The van der Waals surface area contributed by atoms with Crippen molar-refractivity contribution in [2.45, 2.75) is 12.5 Å². The summed E-state index contributed by atoms with van der Waals surface area (Å²) >= 11 is 7.16. The highest BCUT2D eigenvalue weighted by Gasteiger charge is 2.04. The van der Waals surface area contributed by atoms with E-state index in [0.29, 0.717) is 0 Å². The lowest BCUT2D eigenvalue weighted by molar-refractivity contribution is 1.11. The molecule has 4 heteroatoms. The Balaban J connectivity index is 3.09. The van der Waals surface area contributed by atoms with Crippen LogP contribution in [0.4, 0.5) is 0 Å². The van der Waals surface area contributed by atoms with Crippen molar-refractivity contribution >= 4 is 78.0 Å². The van der Waals surface area contributed by atoms with Crippen LogP contribution in [0, 0.1) is 10.7 Å². The van der Waals surface area contributed by atoms with Gasteiger partial charge in [0.15, 0.2) is 0 Å². The summed E-state index contributed by atoms with van der Waals surface area (Å²) in [5.74, 6) is 0. The molecule has 1 rings (SSSR count). The Labute approximate surface area is 117 Å². The Morgan fingerprint density at radius 2 is 1.83 bits per heavy atom. The molecule has 0 bridgehead atoms. The van der Waals surface area contributed by atoms with E-state index in [9.17, 15) is 0 Å². The Kier molecular flexibility index (Phi) is 5.36. The second kappa shape index (κ2) is 5.49. The summed E-state index contributed by atoms with van der Waals surface area (Å²) in [5, 5.41) is 0. The van der Waals surface area contributed by atoms with Crippen molar-refractivity contribution in [1.82, 2.24) is 0 Å². The van der Waals surface area contributed by atoms with Crippen molar-refractivity contribution in [3.05, 3.63) is 28.4 Å². The number of halogens is 3. The topological polar surface area (TPSA) is 0 Å². The van der Waals surface area contributed by atoms with Crippen molar-refractivity contribution in [1.29, 1.82) is 0 Å². The molecule has 0 amide bonds. The molecule has 0 atom stereocenters. The van der Waals surface area contributed by atoms with Crippen LogP contribution in [0.1, 0.15) is 5.56 Å². The minimum absolute atomic E-state index is 1.03. The zero-order chi connectivity index (χ0) is 9.14. The molecule has 0 unspecified atom stereocenters. The Hall–Kier alpha value is 1.63. The molecule has 1 aromatic carbocycles. The van der Waals surface area contributed by atoms with Crippen LogP contribution in [-0.2, 0) is 6.42 Å². The van der Waals surface area contributed by atoms with Gasteiger partial charge in [-0.15, -0.1) is 0 Å². The fourth-order valence-corrected chi connectivity index (χ4v) is 3.74. The molecule has 0 saturated carbocycles. The van der Waals surface area contributed by atoms with Crippen LogP contribution in [0.25, 0.3) is 0 Å². The normalized spacial score (nSPS) is 10.3. The average Bonchev–Trinajstić information content (AvgIpc) is 2.00. The molecule has 1 aromatic rings. The van der Waals surface area contributed by atoms with Crippen LogP contribution in [0.5, 0.6) is 0 Å². The van der Waals surface area contributed by atoms with Gasteiger partial charge in [-0.25, -0.2) is 0 Å². The molecule has 0 heterocycles. The molecule has 0 aromatic heterocycles. The van der Waals surface area contributed by atoms with Gasteiger partial charge >= 0.3 is 0 Å². The summed E-state index contributed by atoms with van der Waals surface area (Å²) in [4.78, 5) is 0. The quantitative estimate of drug-likeness (QED) is 0.324. The fraction of sp³-hybridized carbons (Fsp3) is 0.250. The predicted molar refractivity (Wildman–Crippen MR) is 78.9 cm³/mol. The maximum absolute atomic E-state index is 3.51. The Bertz CT molecular complexity index is 286. The van der Waals surface area contributed by atoms with Gasteiger partial charge in [-0.3, -0.25) is 0 Å². The molecule has 0 aliphatic carbocycles.